The Kier molecular flexibility index (Phi) is 11.5. The molecule has 3 rings (SSSR count). The van der Waals surface area contributed by atoms with Crippen LogP contribution < -0.4 is 10.6 Å². The van der Waals surface area contributed by atoms with Gasteiger partial charge in [0.25, 0.3) is 5.78 Å². The van der Waals surface area contributed by atoms with E-state index in [9.17, 15) is 29.1 Å². The lowest BCUT2D eigenvalue weighted by Crippen LogP contribution is -2.57. The molecule has 0 unspecified atom stereocenters. The van der Waals surface area contributed by atoms with Crippen LogP contribution in [-0.2, 0) is 41.7 Å². The van der Waals surface area contributed by atoms with Crippen molar-refractivity contribution in [3.63, 3.8) is 0 Å². The molecule has 1 heterocycles. The maximum Gasteiger partial charge on any atom is 0.408 e. The molecule has 0 spiro atoms. The van der Waals surface area contributed by atoms with E-state index in [0.717, 1.165) is 5.56 Å². The number of aliphatic hydroxyl groups is 1. The highest BCUT2D eigenvalue weighted by Crippen LogP contribution is 2.21. The van der Waals surface area contributed by atoms with Crippen molar-refractivity contribution < 1.29 is 38.6 Å². The van der Waals surface area contributed by atoms with E-state index in [-0.39, 0.29) is 18.9 Å². The number of ketones is 1. The normalized spacial score (nSPS) is 16.1. The van der Waals surface area contributed by atoms with Crippen LogP contribution in [0.5, 0.6) is 0 Å². The fourth-order valence-corrected chi connectivity index (χ4v) is 5.00. The molecule has 2 aromatic rings. The number of alkyl carbamates (subject to hydrolysis) is 1. The molecule has 11 nitrogen and oxygen atoms in total. The minimum atomic E-state index is -1.38. The summed E-state index contributed by atoms with van der Waals surface area (Å²) in [5, 5.41) is 14.9. The fraction of sp³-hybridized carbons (Fsp3) is 0.393. The van der Waals surface area contributed by atoms with Crippen LogP contribution in [0.1, 0.15) is 25.0 Å². The lowest BCUT2D eigenvalue weighted by atomic mass is 9.94. The molecule has 3 amide bonds. The Morgan fingerprint density at radius 3 is 2.23 bits per heavy atom. The monoisotopic (exact) mass is 571 g/mol. The predicted octanol–water partition coefficient (Wildman–Crippen LogP) is 1.63. The number of thioether (sulfide) groups is 1. The van der Waals surface area contributed by atoms with Gasteiger partial charge in [0.05, 0.1) is 18.6 Å². The van der Waals surface area contributed by atoms with E-state index in [4.69, 9.17) is 9.47 Å². The number of nitrogens with one attached hydrogen (secondary N) is 2. The van der Waals surface area contributed by atoms with Crippen molar-refractivity contribution in [1.29, 1.82) is 0 Å². The highest BCUT2D eigenvalue weighted by molar-refractivity contribution is 7.99. The second-order valence-corrected chi connectivity index (χ2v) is 10.3. The van der Waals surface area contributed by atoms with Crippen molar-refractivity contribution in [3.8, 4) is 0 Å². The summed E-state index contributed by atoms with van der Waals surface area (Å²) in [7, 11) is 0. The third kappa shape index (κ3) is 8.82. The maximum absolute atomic E-state index is 13.3. The van der Waals surface area contributed by atoms with Crippen molar-refractivity contribution in [2.75, 3.05) is 18.2 Å². The number of hydrogen-bond donors (Lipinski definition) is 3. The van der Waals surface area contributed by atoms with Gasteiger partial charge in [0.15, 0.2) is 0 Å². The number of carbonyl (C=O) groups is 5. The molecule has 40 heavy (non-hydrogen) atoms. The van der Waals surface area contributed by atoms with Crippen LogP contribution in [0.25, 0.3) is 0 Å². The van der Waals surface area contributed by atoms with Gasteiger partial charge in [0.2, 0.25) is 11.8 Å². The Morgan fingerprint density at radius 1 is 1.00 bits per heavy atom. The molecule has 1 saturated heterocycles. The molecule has 3 atom stereocenters. The van der Waals surface area contributed by atoms with Crippen molar-refractivity contribution in [2.45, 2.75) is 45.2 Å². The summed E-state index contributed by atoms with van der Waals surface area (Å²) in [4.78, 5) is 65.4. The highest BCUT2D eigenvalue weighted by Gasteiger charge is 2.39. The minimum Gasteiger partial charge on any atom is -0.457 e. The number of Topliss-reactive ketones (excluding diaryl/α,β-unsaturated/α-hetero) is 1. The number of aliphatic hydroxyl groups excluding tert-OH is 1. The van der Waals surface area contributed by atoms with Crippen LogP contribution in [-0.4, -0.2) is 76.2 Å². The second kappa shape index (κ2) is 15.0. The van der Waals surface area contributed by atoms with E-state index in [1.807, 2.05) is 6.07 Å². The topological polar surface area (TPSA) is 151 Å². The largest absolute Gasteiger partial charge is 0.457 e. The molecule has 1 fully saturated rings. The smallest absolute Gasteiger partial charge is 0.408 e. The molecular weight excluding hydrogens is 538 g/mol. The average molecular weight is 572 g/mol. The second-order valence-electron chi connectivity index (χ2n) is 9.33. The summed E-state index contributed by atoms with van der Waals surface area (Å²) in [6.07, 6.45) is -2.31. The number of nitrogens with zero attached hydrogens (tertiary/aromatic N) is 1. The minimum absolute atomic E-state index is 0.0205. The Bertz CT molecular complexity index is 1180. The third-order valence-corrected chi connectivity index (χ3v) is 6.93. The first-order valence-electron chi connectivity index (χ1n) is 12.7. The summed E-state index contributed by atoms with van der Waals surface area (Å²) in [6, 6.07) is 16.4. The zero-order chi connectivity index (χ0) is 29.1. The van der Waals surface area contributed by atoms with Crippen LogP contribution in [0.4, 0.5) is 4.79 Å². The van der Waals surface area contributed by atoms with Gasteiger partial charge in [0.1, 0.15) is 24.7 Å². The Balaban J connectivity index is 1.66. The SMILES string of the molecule is CC(C)OC(=O)C(=O)[C@H](Cc1ccccc1)C(=O)N[C@H]1CSCN1C(=O)[C@H](CO)NC(=O)OCc1ccccc1. The first kappa shape index (κ1) is 30.6. The number of esters is 1. The molecule has 0 bridgehead atoms. The van der Waals surface area contributed by atoms with E-state index < -0.39 is 60.5 Å². The van der Waals surface area contributed by atoms with Crippen LogP contribution in [0.2, 0.25) is 0 Å². The molecule has 12 heteroatoms. The third-order valence-electron chi connectivity index (χ3n) is 5.92. The van der Waals surface area contributed by atoms with Gasteiger partial charge < -0.3 is 30.1 Å². The zero-order valence-corrected chi connectivity index (χ0v) is 23.1. The van der Waals surface area contributed by atoms with Crippen molar-refractivity contribution in [2.24, 2.45) is 5.92 Å². The van der Waals surface area contributed by atoms with Crippen molar-refractivity contribution >= 4 is 41.4 Å². The van der Waals surface area contributed by atoms with Gasteiger partial charge in [-0.05, 0) is 31.4 Å². The lowest BCUT2D eigenvalue weighted by Gasteiger charge is -2.29. The molecule has 1 aliphatic rings. The van der Waals surface area contributed by atoms with Crippen LogP contribution in [0.3, 0.4) is 0 Å². The van der Waals surface area contributed by atoms with Gasteiger partial charge >= 0.3 is 12.1 Å². The van der Waals surface area contributed by atoms with Gasteiger partial charge in [-0.2, -0.15) is 0 Å². The molecule has 0 saturated carbocycles. The lowest BCUT2D eigenvalue weighted by molar-refractivity contribution is -0.160. The fourth-order valence-electron chi connectivity index (χ4n) is 3.91. The number of hydrogen-bond acceptors (Lipinski definition) is 9. The van der Waals surface area contributed by atoms with E-state index >= 15 is 0 Å². The maximum atomic E-state index is 13.3. The van der Waals surface area contributed by atoms with Gasteiger partial charge in [-0.25, -0.2) is 9.59 Å². The predicted molar refractivity (Wildman–Crippen MR) is 147 cm³/mol. The average Bonchev–Trinajstić information content (AvgIpc) is 3.41. The number of carbonyl (C=O) groups excluding carboxylic acids is 5. The number of benzene rings is 2. The van der Waals surface area contributed by atoms with Crippen LogP contribution >= 0.6 is 11.8 Å². The number of ether oxygens (including phenoxy) is 2. The quantitative estimate of drug-likeness (QED) is 0.196. The molecular formula is C28H33N3O8S. The highest BCUT2D eigenvalue weighted by atomic mass is 32.2. The molecule has 0 radical (unpaired) electrons. The zero-order valence-electron chi connectivity index (χ0n) is 22.3. The van der Waals surface area contributed by atoms with Crippen molar-refractivity contribution in [3.05, 3.63) is 71.8 Å². The Hall–Kier alpha value is -3.90. The van der Waals surface area contributed by atoms with Gasteiger partial charge in [0, 0.05) is 5.75 Å². The summed E-state index contributed by atoms with van der Waals surface area (Å²) >= 11 is 1.34. The van der Waals surface area contributed by atoms with Gasteiger partial charge in [-0.3, -0.25) is 14.4 Å². The Morgan fingerprint density at radius 2 is 1.62 bits per heavy atom. The van der Waals surface area contributed by atoms with Crippen LogP contribution in [0.15, 0.2) is 60.7 Å². The molecule has 2 aromatic carbocycles. The summed E-state index contributed by atoms with van der Waals surface area (Å²) in [5.41, 5.74) is 1.42. The summed E-state index contributed by atoms with van der Waals surface area (Å²) in [6.45, 7) is 2.48. The first-order chi connectivity index (χ1) is 19.2. The van der Waals surface area contributed by atoms with E-state index in [1.165, 1.54) is 16.7 Å². The Labute approximate surface area is 236 Å². The van der Waals surface area contributed by atoms with E-state index in [1.54, 1.807) is 68.4 Å². The van der Waals surface area contributed by atoms with Gasteiger partial charge in [-0.1, -0.05) is 60.7 Å². The standard InChI is InChI=1S/C28H33N3O8S/c1-18(2)39-27(36)24(33)21(13-19-9-5-3-6-10-19)25(34)30-23-16-40-17-31(23)26(35)22(14-32)29-28(37)38-15-20-11-7-4-8-12-20/h3-12,18,21-23,32H,13-17H2,1-2H3,(H,29,37)(H,30,34)/t21-,22-,23+/m0/s1. The summed E-state index contributed by atoms with van der Waals surface area (Å²) in [5.74, 6) is -4.39. The number of rotatable bonds is 12. The van der Waals surface area contributed by atoms with E-state index in [2.05, 4.69) is 10.6 Å². The summed E-state index contributed by atoms with van der Waals surface area (Å²) < 4.78 is 10.2. The molecule has 3 N–H and O–H groups in total. The number of amides is 3. The van der Waals surface area contributed by atoms with E-state index in [0.29, 0.717) is 11.3 Å². The van der Waals surface area contributed by atoms with Crippen molar-refractivity contribution in [1.82, 2.24) is 15.5 Å². The molecule has 1 aliphatic heterocycles. The van der Waals surface area contributed by atoms with Crippen LogP contribution in [0, 0.1) is 5.92 Å². The molecule has 0 aromatic heterocycles. The molecule has 0 aliphatic carbocycles. The van der Waals surface area contributed by atoms with Gasteiger partial charge in [-0.15, -0.1) is 11.8 Å². The first-order valence-corrected chi connectivity index (χ1v) is 13.9. The molecule has 214 valence electrons.